The highest BCUT2D eigenvalue weighted by atomic mass is 19.4. The zero-order valence-electron chi connectivity index (χ0n) is 14.0. The number of alkyl halides is 3. The predicted octanol–water partition coefficient (Wildman–Crippen LogP) is 4.18. The summed E-state index contributed by atoms with van der Waals surface area (Å²) >= 11 is 0. The second-order valence-corrected chi connectivity index (χ2v) is 5.82. The van der Waals surface area contributed by atoms with Crippen molar-refractivity contribution >= 4 is 16.9 Å². The number of rotatable bonds is 6. The van der Waals surface area contributed by atoms with Gasteiger partial charge >= 0.3 is 6.36 Å². The van der Waals surface area contributed by atoms with Crippen LogP contribution in [0, 0.1) is 0 Å². The third kappa shape index (κ3) is 5.01. The van der Waals surface area contributed by atoms with Crippen molar-refractivity contribution < 1.29 is 32.2 Å². The van der Waals surface area contributed by atoms with Crippen LogP contribution in [0.1, 0.15) is 28.6 Å². The maximum Gasteiger partial charge on any atom is 0.573 e. The SMILES string of the molecule is O=C(NCCC(O)c1cc2ccccc2o1)c1ccc(OC(F)(F)F)cc1. The molecule has 1 unspecified atom stereocenters. The van der Waals surface area contributed by atoms with E-state index in [0.717, 1.165) is 17.5 Å². The fourth-order valence-electron chi connectivity index (χ4n) is 2.54. The number of halogens is 3. The summed E-state index contributed by atoms with van der Waals surface area (Å²) in [6.07, 6.45) is -5.45. The Morgan fingerprint density at radius 2 is 1.85 bits per heavy atom. The molecule has 0 radical (unpaired) electrons. The van der Waals surface area contributed by atoms with E-state index in [1.807, 2.05) is 18.2 Å². The number of benzene rings is 2. The van der Waals surface area contributed by atoms with Gasteiger partial charge < -0.3 is 19.6 Å². The van der Waals surface area contributed by atoms with Gasteiger partial charge in [0.15, 0.2) is 0 Å². The summed E-state index contributed by atoms with van der Waals surface area (Å²) in [5, 5.41) is 13.7. The molecule has 2 N–H and O–H groups in total. The first-order valence-corrected chi connectivity index (χ1v) is 8.12. The minimum Gasteiger partial charge on any atom is -0.458 e. The van der Waals surface area contributed by atoms with Gasteiger partial charge in [-0.05, 0) is 42.8 Å². The number of hydrogen-bond donors (Lipinski definition) is 2. The van der Waals surface area contributed by atoms with Gasteiger partial charge in [0, 0.05) is 17.5 Å². The van der Waals surface area contributed by atoms with E-state index in [9.17, 15) is 23.1 Å². The molecule has 0 saturated heterocycles. The molecule has 142 valence electrons. The Kier molecular flexibility index (Phi) is 5.36. The summed E-state index contributed by atoms with van der Waals surface area (Å²) in [5.74, 6) is -0.469. The molecule has 3 aromatic rings. The van der Waals surface area contributed by atoms with Crippen LogP contribution in [0.5, 0.6) is 5.75 Å². The van der Waals surface area contributed by atoms with E-state index < -0.39 is 24.1 Å². The first-order chi connectivity index (χ1) is 12.8. The minimum absolute atomic E-state index is 0.165. The number of nitrogens with one attached hydrogen (secondary N) is 1. The van der Waals surface area contributed by atoms with Crippen LogP contribution in [-0.2, 0) is 0 Å². The molecule has 3 rings (SSSR count). The van der Waals surface area contributed by atoms with E-state index in [0.29, 0.717) is 11.3 Å². The van der Waals surface area contributed by atoms with Crippen LogP contribution in [0.25, 0.3) is 11.0 Å². The molecule has 0 saturated carbocycles. The maximum absolute atomic E-state index is 12.1. The number of carbonyl (C=O) groups is 1. The molecule has 1 aromatic heterocycles. The third-order valence-electron chi connectivity index (χ3n) is 3.83. The van der Waals surface area contributed by atoms with Crippen LogP contribution >= 0.6 is 0 Å². The molecule has 0 bridgehead atoms. The molecule has 2 aromatic carbocycles. The number of hydrogen-bond acceptors (Lipinski definition) is 4. The molecule has 0 spiro atoms. The van der Waals surface area contributed by atoms with Crippen LogP contribution in [0.4, 0.5) is 13.2 Å². The highest BCUT2D eigenvalue weighted by Crippen LogP contribution is 2.25. The Balaban J connectivity index is 1.51. The van der Waals surface area contributed by atoms with Crippen molar-refractivity contribution in [3.8, 4) is 5.75 Å². The molecule has 27 heavy (non-hydrogen) atoms. The number of carbonyl (C=O) groups excluding carboxylic acids is 1. The second kappa shape index (κ2) is 7.71. The summed E-state index contributed by atoms with van der Waals surface area (Å²) < 4.78 is 45.7. The molecule has 1 heterocycles. The Bertz CT molecular complexity index is 886. The molecular weight excluding hydrogens is 363 g/mol. The molecule has 1 amide bonds. The largest absolute Gasteiger partial charge is 0.573 e. The second-order valence-electron chi connectivity index (χ2n) is 5.82. The summed E-state index contributed by atoms with van der Waals surface area (Å²) in [7, 11) is 0. The summed E-state index contributed by atoms with van der Waals surface area (Å²) in [5.41, 5.74) is 0.847. The lowest BCUT2D eigenvalue weighted by Gasteiger charge is -2.10. The zero-order chi connectivity index (χ0) is 19.4. The number of aliphatic hydroxyl groups excluding tert-OH is 1. The number of amides is 1. The van der Waals surface area contributed by atoms with Gasteiger partial charge in [0.2, 0.25) is 0 Å². The summed E-state index contributed by atoms with van der Waals surface area (Å²) in [6.45, 7) is 0.165. The van der Waals surface area contributed by atoms with E-state index in [1.54, 1.807) is 12.1 Å². The number of furan rings is 1. The lowest BCUT2D eigenvalue weighted by Crippen LogP contribution is -2.25. The summed E-state index contributed by atoms with van der Waals surface area (Å²) in [6, 6.07) is 13.7. The first kappa shape index (κ1) is 18.8. The molecule has 8 heteroatoms. The van der Waals surface area contributed by atoms with Crippen LogP contribution in [-0.4, -0.2) is 23.9 Å². The lowest BCUT2D eigenvalue weighted by atomic mass is 10.1. The monoisotopic (exact) mass is 379 g/mol. The van der Waals surface area contributed by atoms with Gasteiger partial charge in [-0.3, -0.25) is 4.79 Å². The van der Waals surface area contributed by atoms with E-state index >= 15 is 0 Å². The number of fused-ring (bicyclic) bond motifs is 1. The molecule has 0 aliphatic carbocycles. The normalized spacial score (nSPS) is 12.7. The smallest absolute Gasteiger partial charge is 0.458 e. The van der Waals surface area contributed by atoms with Gasteiger partial charge in [0.05, 0.1) is 0 Å². The molecule has 5 nitrogen and oxygen atoms in total. The van der Waals surface area contributed by atoms with Crippen LogP contribution in [0.3, 0.4) is 0 Å². The van der Waals surface area contributed by atoms with Crippen molar-refractivity contribution in [3.05, 3.63) is 65.9 Å². The molecular formula is C19H16F3NO4. The molecule has 1 atom stereocenters. The van der Waals surface area contributed by atoms with E-state index in [1.165, 1.54) is 12.1 Å². The van der Waals surface area contributed by atoms with Gasteiger partial charge in [-0.25, -0.2) is 0 Å². The van der Waals surface area contributed by atoms with E-state index in [4.69, 9.17) is 4.42 Å². The van der Waals surface area contributed by atoms with Gasteiger partial charge in [-0.2, -0.15) is 0 Å². The zero-order valence-corrected chi connectivity index (χ0v) is 14.0. The van der Waals surface area contributed by atoms with Gasteiger partial charge in [-0.1, -0.05) is 18.2 Å². The van der Waals surface area contributed by atoms with Gasteiger partial charge in [-0.15, -0.1) is 13.2 Å². The molecule has 0 aliphatic rings. The average molecular weight is 379 g/mol. The quantitative estimate of drug-likeness (QED) is 0.674. The molecule has 0 aliphatic heterocycles. The van der Waals surface area contributed by atoms with Crippen molar-refractivity contribution in [1.29, 1.82) is 0 Å². The van der Waals surface area contributed by atoms with Crippen LogP contribution in [0.15, 0.2) is 59.0 Å². The summed E-state index contributed by atoms with van der Waals surface area (Å²) in [4.78, 5) is 12.0. The van der Waals surface area contributed by atoms with E-state index in [-0.39, 0.29) is 18.5 Å². The number of para-hydroxylation sites is 1. The van der Waals surface area contributed by atoms with E-state index in [2.05, 4.69) is 10.1 Å². The van der Waals surface area contributed by atoms with Crippen LogP contribution in [0.2, 0.25) is 0 Å². The van der Waals surface area contributed by atoms with Gasteiger partial charge in [0.1, 0.15) is 23.2 Å². The van der Waals surface area contributed by atoms with Crippen molar-refractivity contribution in [3.63, 3.8) is 0 Å². The Labute approximate surface area is 152 Å². The third-order valence-corrected chi connectivity index (χ3v) is 3.83. The predicted molar refractivity (Wildman–Crippen MR) is 91.2 cm³/mol. The Hall–Kier alpha value is -3.00. The number of aliphatic hydroxyl groups is 1. The minimum atomic E-state index is -4.78. The molecule has 0 fully saturated rings. The highest BCUT2D eigenvalue weighted by molar-refractivity contribution is 5.94. The Morgan fingerprint density at radius 3 is 2.52 bits per heavy atom. The van der Waals surface area contributed by atoms with Crippen molar-refractivity contribution in [2.24, 2.45) is 0 Å². The topological polar surface area (TPSA) is 71.7 Å². The first-order valence-electron chi connectivity index (χ1n) is 8.12. The number of ether oxygens (including phenoxy) is 1. The average Bonchev–Trinajstić information content (AvgIpc) is 3.05. The Morgan fingerprint density at radius 1 is 1.15 bits per heavy atom. The lowest BCUT2D eigenvalue weighted by molar-refractivity contribution is -0.274. The fourth-order valence-corrected chi connectivity index (χ4v) is 2.54. The maximum atomic E-state index is 12.1. The van der Waals surface area contributed by atoms with Crippen molar-refractivity contribution in [2.75, 3.05) is 6.54 Å². The highest BCUT2D eigenvalue weighted by Gasteiger charge is 2.31. The van der Waals surface area contributed by atoms with Crippen LogP contribution < -0.4 is 10.1 Å². The van der Waals surface area contributed by atoms with Crippen molar-refractivity contribution in [2.45, 2.75) is 18.9 Å². The van der Waals surface area contributed by atoms with Gasteiger partial charge in [0.25, 0.3) is 5.91 Å². The standard InChI is InChI=1S/C19H16F3NO4/c20-19(21,22)27-14-7-5-12(6-8-14)18(25)23-10-9-15(24)17-11-13-3-1-2-4-16(13)26-17/h1-8,11,15,24H,9-10H2,(H,23,25). The van der Waals surface area contributed by atoms with Crippen molar-refractivity contribution in [1.82, 2.24) is 5.32 Å². The fraction of sp³-hybridized carbons (Fsp3) is 0.211.